The fourth-order valence-electron chi connectivity index (χ4n) is 1.60. The monoisotopic (exact) mass is 250 g/mol. The average molecular weight is 250 g/mol. The number of benzene rings is 1. The zero-order valence-electron chi connectivity index (χ0n) is 10.4. The lowest BCUT2D eigenvalue weighted by Crippen LogP contribution is -2.22. The molecular weight excluding hydrogens is 232 g/mol. The van der Waals surface area contributed by atoms with E-state index in [4.69, 9.17) is 10.5 Å². The highest BCUT2D eigenvalue weighted by Gasteiger charge is 2.15. The Morgan fingerprint density at radius 3 is 2.82 bits per heavy atom. The van der Waals surface area contributed by atoms with Crippen LogP contribution in [0.5, 0.6) is 5.75 Å². The first-order chi connectivity index (χ1) is 8.11. The molecule has 2 aromatic rings. The Kier molecular flexibility index (Phi) is 3.64. The second-order valence-electron chi connectivity index (χ2n) is 4.26. The summed E-state index contributed by atoms with van der Waals surface area (Å²) in [6.07, 6.45) is 0. The normalized spacial score (nSPS) is 14.8. The van der Waals surface area contributed by atoms with Crippen LogP contribution in [0.3, 0.4) is 0 Å². The average Bonchev–Trinajstić information content (AvgIpc) is 2.71. The maximum Gasteiger partial charge on any atom is 0.120 e. The number of ether oxygens (including phenoxy) is 1. The third-order valence-corrected chi connectivity index (χ3v) is 4.08. The number of hydrogen-bond acceptors (Lipinski definition) is 4. The van der Waals surface area contributed by atoms with Gasteiger partial charge < -0.3 is 10.5 Å². The Morgan fingerprint density at radius 1 is 1.41 bits per heavy atom. The molecule has 0 saturated carbocycles. The van der Waals surface area contributed by atoms with Crippen molar-refractivity contribution < 1.29 is 4.74 Å². The molecule has 0 aliphatic carbocycles. The Balaban J connectivity index is 2.36. The van der Waals surface area contributed by atoms with E-state index >= 15 is 0 Å². The largest absolute Gasteiger partial charge is 0.494 e. The molecule has 0 radical (unpaired) electrons. The van der Waals surface area contributed by atoms with Crippen LogP contribution in [-0.4, -0.2) is 17.6 Å². The summed E-state index contributed by atoms with van der Waals surface area (Å²) in [5.74, 6) is 1.20. The predicted molar refractivity (Wildman–Crippen MR) is 72.9 cm³/mol. The molecule has 0 spiro atoms. The second kappa shape index (κ2) is 5.02. The van der Waals surface area contributed by atoms with Crippen LogP contribution in [0, 0.1) is 0 Å². The molecule has 2 rings (SSSR count). The van der Waals surface area contributed by atoms with E-state index in [1.165, 1.54) is 4.70 Å². The number of thiazole rings is 1. The molecule has 0 fully saturated rings. The molecule has 0 amide bonds. The van der Waals surface area contributed by atoms with E-state index in [1.807, 2.05) is 32.0 Å². The molecule has 2 unspecified atom stereocenters. The van der Waals surface area contributed by atoms with Crippen molar-refractivity contribution in [2.24, 2.45) is 5.73 Å². The molecule has 0 bridgehead atoms. The van der Waals surface area contributed by atoms with Crippen molar-refractivity contribution in [2.45, 2.75) is 32.7 Å². The first kappa shape index (κ1) is 12.3. The van der Waals surface area contributed by atoms with Gasteiger partial charge in [0.25, 0.3) is 0 Å². The zero-order chi connectivity index (χ0) is 12.4. The molecular formula is C13H18N2OS. The summed E-state index contributed by atoms with van der Waals surface area (Å²) in [7, 11) is 0. The van der Waals surface area contributed by atoms with Gasteiger partial charge in [0.05, 0.1) is 21.8 Å². The molecule has 2 N–H and O–H groups in total. The summed E-state index contributed by atoms with van der Waals surface area (Å²) in [6, 6.07) is 6.15. The molecule has 17 heavy (non-hydrogen) atoms. The van der Waals surface area contributed by atoms with Gasteiger partial charge in [0.1, 0.15) is 5.75 Å². The van der Waals surface area contributed by atoms with E-state index in [-0.39, 0.29) is 6.04 Å². The van der Waals surface area contributed by atoms with Crippen molar-refractivity contribution in [1.82, 2.24) is 4.98 Å². The maximum absolute atomic E-state index is 5.91. The van der Waals surface area contributed by atoms with Gasteiger partial charge in [0.2, 0.25) is 0 Å². The van der Waals surface area contributed by atoms with Gasteiger partial charge in [-0.15, -0.1) is 11.3 Å². The molecule has 1 aromatic heterocycles. The zero-order valence-corrected chi connectivity index (χ0v) is 11.3. The number of nitrogens with two attached hydrogens (primary N) is 1. The summed E-state index contributed by atoms with van der Waals surface area (Å²) in [5.41, 5.74) is 6.94. The summed E-state index contributed by atoms with van der Waals surface area (Å²) < 4.78 is 6.65. The van der Waals surface area contributed by atoms with Crippen LogP contribution in [0.15, 0.2) is 18.2 Å². The van der Waals surface area contributed by atoms with Gasteiger partial charge >= 0.3 is 0 Å². The lowest BCUT2D eigenvalue weighted by atomic mass is 10.1. The summed E-state index contributed by atoms with van der Waals surface area (Å²) in [5, 5.41) is 1.10. The molecule has 2 atom stereocenters. The van der Waals surface area contributed by atoms with E-state index < -0.39 is 0 Å². The van der Waals surface area contributed by atoms with Gasteiger partial charge in [0, 0.05) is 12.0 Å². The van der Waals surface area contributed by atoms with E-state index in [0.717, 1.165) is 16.3 Å². The predicted octanol–water partition coefficient (Wildman–Crippen LogP) is 3.15. The van der Waals surface area contributed by atoms with Crippen LogP contribution in [-0.2, 0) is 0 Å². The van der Waals surface area contributed by atoms with Crippen LogP contribution >= 0.6 is 11.3 Å². The Bertz CT molecular complexity index is 507. The van der Waals surface area contributed by atoms with Crippen molar-refractivity contribution in [3.05, 3.63) is 23.2 Å². The second-order valence-corrected chi connectivity index (χ2v) is 5.32. The molecule has 0 aliphatic rings. The van der Waals surface area contributed by atoms with Gasteiger partial charge in [-0.1, -0.05) is 6.92 Å². The fourth-order valence-corrected chi connectivity index (χ4v) is 2.76. The van der Waals surface area contributed by atoms with Crippen LogP contribution < -0.4 is 10.5 Å². The third kappa shape index (κ3) is 2.58. The minimum Gasteiger partial charge on any atom is -0.494 e. The van der Waals surface area contributed by atoms with Crippen LogP contribution in [0.2, 0.25) is 0 Å². The lowest BCUT2D eigenvalue weighted by Gasteiger charge is -2.11. The van der Waals surface area contributed by atoms with Crippen molar-refractivity contribution in [3.8, 4) is 5.75 Å². The van der Waals surface area contributed by atoms with Crippen LogP contribution in [0.25, 0.3) is 10.2 Å². The molecule has 4 heteroatoms. The summed E-state index contributed by atoms with van der Waals surface area (Å²) >= 11 is 1.70. The number of nitrogens with zero attached hydrogens (tertiary/aromatic N) is 1. The van der Waals surface area contributed by atoms with E-state index in [1.54, 1.807) is 11.3 Å². The molecule has 0 saturated heterocycles. The Morgan fingerprint density at radius 2 is 2.18 bits per heavy atom. The van der Waals surface area contributed by atoms with Crippen molar-refractivity contribution in [2.75, 3.05) is 6.61 Å². The van der Waals surface area contributed by atoms with E-state index in [9.17, 15) is 0 Å². The van der Waals surface area contributed by atoms with Gasteiger partial charge in [-0.25, -0.2) is 4.98 Å². The van der Waals surface area contributed by atoms with E-state index in [0.29, 0.717) is 12.5 Å². The SMILES string of the molecule is CCOc1ccc2nc(C(C)C(C)N)sc2c1. The first-order valence-corrected chi connectivity index (χ1v) is 6.72. The molecule has 3 nitrogen and oxygen atoms in total. The van der Waals surface area contributed by atoms with Gasteiger partial charge in [-0.3, -0.25) is 0 Å². The molecule has 1 heterocycles. The maximum atomic E-state index is 5.91. The van der Waals surface area contributed by atoms with Crippen LogP contribution in [0.4, 0.5) is 0 Å². The highest BCUT2D eigenvalue weighted by Crippen LogP contribution is 2.31. The lowest BCUT2D eigenvalue weighted by molar-refractivity contribution is 0.341. The summed E-state index contributed by atoms with van der Waals surface area (Å²) in [6.45, 7) is 6.81. The molecule has 92 valence electrons. The number of aromatic nitrogens is 1. The quantitative estimate of drug-likeness (QED) is 0.906. The minimum atomic E-state index is 0.127. The topological polar surface area (TPSA) is 48.1 Å². The first-order valence-electron chi connectivity index (χ1n) is 5.90. The van der Waals surface area contributed by atoms with Crippen molar-refractivity contribution in [3.63, 3.8) is 0 Å². The van der Waals surface area contributed by atoms with Crippen molar-refractivity contribution in [1.29, 1.82) is 0 Å². The van der Waals surface area contributed by atoms with Gasteiger partial charge in [0.15, 0.2) is 0 Å². The number of rotatable bonds is 4. The molecule has 0 aliphatic heterocycles. The van der Waals surface area contributed by atoms with Gasteiger partial charge in [-0.05, 0) is 32.0 Å². The standard InChI is InChI=1S/C13H18N2OS/c1-4-16-10-5-6-11-12(7-10)17-13(15-11)8(2)9(3)14/h5-9H,4,14H2,1-3H3. The smallest absolute Gasteiger partial charge is 0.120 e. The molecule has 1 aromatic carbocycles. The Labute approximate surface area is 106 Å². The Hall–Kier alpha value is -1.13. The fraction of sp³-hybridized carbons (Fsp3) is 0.462. The number of hydrogen-bond donors (Lipinski definition) is 1. The third-order valence-electron chi connectivity index (χ3n) is 2.87. The minimum absolute atomic E-state index is 0.127. The van der Waals surface area contributed by atoms with Crippen molar-refractivity contribution >= 4 is 21.6 Å². The van der Waals surface area contributed by atoms with Gasteiger partial charge in [-0.2, -0.15) is 0 Å². The van der Waals surface area contributed by atoms with Crippen LogP contribution in [0.1, 0.15) is 31.7 Å². The highest BCUT2D eigenvalue weighted by atomic mass is 32.1. The highest BCUT2D eigenvalue weighted by molar-refractivity contribution is 7.18. The van der Waals surface area contributed by atoms with E-state index in [2.05, 4.69) is 11.9 Å². The summed E-state index contributed by atoms with van der Waals surface area (Å²) in [4.78, 5) is 4.62. The number of fused-ring (bicyclic) bond motifs is 1.